The van der Waals surface area contributed by atoms with Gasteiger partial charge in [0.25, 0.3) is 5.91 Å². The zero-order valence-corrected chi connectivity index (χ0v) is 21.6. The Morgan fingerprint density at radius 3 is 2.42 bits per heavy atom. The highest BCUT2D eigenvalue weighted by Gasteiger charge is 2.35. The van der Waals surface area contributed by atoms with E-state index in [2.05, 4.69) is 26.6 Å². The van der Waals surface area contributed by atoms with Gasteiger partial charge in [0.1, 0.15) is 12.2 Å². The van der Waals surface area contributed by atoms with E-state index >= 15 is 0 Å². The van der Waals surface area contributed by atoms with Crippen LogP contribution in [0.3, 0.4) is 0 Å². The van der Waals surface area contributed by atoms with E-state index in [4.69, 9.17) is 14.2 Å². The van der Waals surface area contributed by atoms with Crippen LogP contribution in [0.15, 0.2) is 46.6 Å². The number of nitrogens with one attached hydrogen (secondary N) is 2. The van der Waals surface area contributed by atoms with Gasteiger partial charge in [-0.2, -0.15) is 0 Å². The Kier molecular flexibility index (Phi) is 9.07. The van der Waals surface area contributed by atoms with Crippen molar-refractivity contribution >= 4 is 51.5 Å². The minimum absolute atomic E-state index is 0.00789. The summed E-state index contributed by atoms with van der Waals surface area (Å²) in [7, 11) is 0. The molecule has 190 valence electrons. The van der Waals surface area contributed by atoms with Crippen molar-refractivity contribution in [3.63, 3.8) is 0 Å². The Bertz CT molecular complexity index is 1190. The van der Waals surface area contributed by atoms with Gasteiger partial charge in [0.05, 0.1) is 13.2 Å². The molecule has 1 aliphatic heterocycles. The van der Waals surface area contributed by atoms with Crippen LogP contribution in [0.25, 0.3) is 6.08 Å². The molecule has 1 fully saturated rings. The number of imide groups is 1. The Morgan fingerprint density at radius 1 is 1.06 bits per heavy atom. The van der Waals surface area contributed by atoms with Gasteiger partial charge in [0.15, 0.2) is 18.1 Å². The van der Waals surface area contributed by atoms with Crippen LogP contribution >= 0.6 is 15.9 Å². The van der Waals surface area contributed by atoms with Crippen molar-refractivity contribution in [3.05, 3.63) is 57.7 Å². The lowest BCUT2D eigenvalue weighted by atomic mass is 10.1. The van der Waals surface area contributed by atoms with Gasteiger partial charge in [-0.05, 0) is 56.7 Å². The van der Waals surface area contributed by atoms with Crippen LogP contribution in [0.5, 0.6) is 11.5 Å². The second kappa shape index (κ2) is 12.2. The van der Waals surface area contributed by atoms with E-state index < -0.39 is 30.4 Å². The number of ether oxygens (including phenoxy) is 3. The summed E-state index contributed by atoms with van der Waals surface area (Å²) in [5, 5.41) is 5.15. The number of hydrogen-bond donors (Lipinski definition) is 2. The van der Waals surface area contributed by atoms with Crippen molar-refractivity contribution in [3.8, 4) is 11.5 Å². The fourth-order valence-corrected chi connectivity index (χ4v) is 3.67. The quantitative estimate of drug-likeness (QED) is 0.259. The van der Waals surface area contributed by atoms with E-state index in [1.807, 2.05) is 19.1 Å². The summed E-state index contributed by atoms with van der Waals surface area (Å²) in [6.45, 7) is 5.23. The van der Waals surface area contributed by atoms with Crippen LogP contribution in [0.2, 0.25) is 0 Å². The number of anilines is 1. The fourth-order valence-electron chi connectivity index (χ4n) is 3.23. The first kappa shape index (κ1) is 26.7. The van der Waals surface area contributed by atoms with Crippen LogP contribution in [0, 0.1) is 6.92 Å². The molecule has 10 nitrogen and oxygen atoms in total. The van der Waals surface area contributed by atoms with Gasteiger partial charge in [0.2, 0.25) is 5.91 Å². The highest BCUT2D eigenvalue weighted by atomic mass is 79.9. The standard InChI is InChI=1S/C25H26BrN3O7/c1-4-34-20-11-16(18(26)12-21(20)36-14-23(31)35-5-2)10-19-24(32)29(25(33)28-19)13-22(30)27-17-8-6-15(3)7-9-17/h6-12H,4-5,13-14H2,1-3H3,(H,27,30)(H,28,33)/b19-10+. The number of hydrogen-bond acceptors (Lipinski definition) is 7. The van der Waals surface area contributed by atoms with Gasteiger partial charge in [-0.25, -0.2) is 14.5 Å². The Balaban J connectivity index is 1.75. The van der Waals surface area contributed by atoms with E-state index in [1.54, 1.807) is 38.1 Å². The zero-order valence-electron chi connectivity index (χ0n) is 20.1. The topological polar surface area (TPSA) is 123 Å². The molecule has 0 bridgehead atoms. The molecule has 0 saturated carbocycles. The number of esters is 1. The van der Waals surface area contributed by atoms with Gasteiger partial charge in [-0.1, -0.05) is 33.6 Å². The predicted molar refractivity (Wildman–Crippen MR) is 135 cm³/mol. The number of aryl methyl sites for hydroxylation is 1. The number of carbonyl (C=O) groups is 4. The van der Waals surface area contributed by atoms with Crippen LogP contribution in [0.4, 0.5) is 10.5 Å². The Hall–Kier alpha value is -3.86. The van der Waals surface area contributed by atoms with Gasteiger partial charge in [0, 0.05) is 10.2 Å². The Morgan fingerprint density at radius 2 is 1.75 bits per heavy atom. The van der Waals surface area contributed by atoms with Crippen molar-refractivity contribution in [2.75, 3.05) is 31.7 Å². The summed E-state index contributed by atoms with van der Waals surface area (Å²) in [6, 6.07) is 9.63. The molecule has 4 amide bonds. The summed E-state index contributed by atoms with van der Waals surface area (Å²) < 4.78 is 16.5. The molecule has 1 saturated heterocycles. The predicted octanol–water partition coefficient (Wildman–Crippen LogP) is 3.63. The van der Waals surface area contributed by atoms with Crippen molar-refractivity contribution in [2.24, 2.45) is 0 Å². The van der Waals surface area contributed by atoms with Gasteiger partial charge in [-0.15, -0.1) is 0 Å². The minimum atomic E-state index is -0.708. The first-order chi connectivity index (χ1) is 17.2. The summed E-state index contributed by atoms with van der Waals surface area (Å²) in [5.41, 5.74) is 2.10. The van der Waals surface area contributed by atoms with Gasteiger partial charge < -0.3 is 24.8 Å². The molecule has 0 spiro atoms. The molecule has 2 N–H and O–H groups in total. The molecule has 0 unspecified atom stereocenters. The second-order valence-electron chi connectivity index (χ2n) is 7.64. The molecule has 0 atom stereocenters. The molecular formula is C25H26BrN3O7. The van der Waals surface area contributed by atoms with Crippen LogP contribution < -0.4 is 20.1 Å². The van der Waals surface area contributed by atoms with Crippen molar-refractivity contribution in [1.29, 1.82) is 0 Å². The molecule has 0 aliphatic carbocycles. The third-order valence-electron chi connectivity index (χ3n) is 4.91. The van der Waals surface area contributed by atoms with Crippen molar-refractivity contribution in [1.82, 2.24) is 10.2 Å². The van der Waals surface area contributed by atoms with Crippen LogP contribution in [-0.2, 0) is 19.1 Å². The van der Waals surface area contributed by atoms with E-state index in [1.165, 1.54) is 6.08 Å². The van der Waals surface area contributed by atoms with Crippen LogP contribution in [-0.4, -0.2) is 55.1 Å². The molecule has 0 aromatic heterocycles. The highest BCUT2D eigenvalue weighted by Crippen LogP contribution is 2.35. The average Bonchev–Trinajstić information content (AvgIpc) is 3.09. The van der Waals surface area contributed by atoms with Gasteiger partial charge >= 0.3 is 12.0 Å². The highest BCUT2D eigenvalue weighted by molar-refractivity contribution is 9.10. The lowest BCUT2D eigenvalue weighted by Crippen LogP contribution is -2.38. The van der Waals surface area contributed by atoms with E-state index in [0.29, 0.717) is 33.8 Å². The molecule has 1 heterocycles. The smallest absolute Gasteiger partial charge is 0.344 e. The monoisotopic (exact) mass is 559 g/mol. The molecule has 36 heavy (non-hydrogen) atoms. The largest absolute Gasteiger partial charge is 0.490 e. The van der Waals surface area contributed by atoms with Crippen molar-refractivity contribution < 1.29 is 33.4 Å². The molecule has 0 radical (unpaired) electrons. The SMILES string of the molecule is CCOC(=O)COc1cc(Br)c(/C=C2/NC(=O)N(CC(=O)Nc3ccc(C)cc3)C2=O)cc1OCC. The maximum atomic E-state index is 12.9. The summed E-state index contributed by atoms with van der Waals surface area (Å²) >= 11 is 3.41. The number of nitrogens with zero attached hydrogens (tertiary/aromatic N) is 1. The number of rotatable bonds is 10. The average molecular weight is 560 g/mol. The van der Waals surface area contributed by atoms with E-state index in [0.717, 1.165) is 10.5 Å². The number of amides is 4. The molecule has 2 aromatic rings. The lowest BCUT2D eigenvalue weighted by molar-refractivity contribution is -0.145. The molecule has 3 rings (SSSR count). The fraction of sp³-hybridized carbons (Fsp3) is 0.280. The normalized spacial score (nSPS) is 14.0. The number of halogens is 1. The van der Waals surface area contributed by atoms with Crippen molar-refractivity contribution in [2.45, 2.75) is 20.8 Å². The molecule has 1 aliphatic rings. The van der Waals surface area contributed by atoms with E-state index in [9.17, 15) is 19.2 Å². The molecular weight excluding hydrogens is 534 g/mol. The second-order valence-corrected chi connectivity index (χ2v) is 8.50. The maximum absolute atomic E-state index is 12.9. The zero-order chi connectivity index (χ0) is 26.2. The first-order valence-electron chi connectivity index (χ1n) is 11.2. The number of carbonyl (C=O) groups excluding carboxylic acids is 4. The molecule has 11 heteroatoms. The summed E-state index contributed by atoms with van der Waals surface area (Å²) in [4.78, 5) is 50.1. The number of urea groups is 1. The Labute approximate surface area is 216 Å². The first-order valence-corrected chi connectivity index (χ1v) is 12.0. The minimum Gasteiger partial charge on any atom is -0.490 e. The lowest BCUT2D eigenvalue weighted by Gasteiger charge is -2.14. The maximum Gasteiger partial charge on any atom is 0.344 e. The third-order valence-corrected chi connectivity index (χ3v) is 5.60. The van der Waals surface area contributed by atoms with Gasteiger partial charge in [-0.3, -0.25) is 9.59 Å². The third kappa shape index (κ3) is 6.85. The number of benzene rings is 2. The summed E-state index contributed by atoms with van der Waals surface area (Å²) in [5.74, 6) is -1.04. The summed E-state index contributed by atoms with van der Waals surface area (Å²) in [6.07, 6.45) is 1.46. The van der Waals surface area contributed by atoms with Crippen LogP contribution in [0.1, 0.15) is 25.0 Å². The van der Waals surface area contributed by atoms with E-state index in [-0.39, 0.29) is 18.9 Å². The molecule has 2 aromatic carbocycles.